The van der Waals surface area contributed by atoms with Gasteiger partial charge in [-0.05, 0) is 38.2 Å². The fourth-order valence-corrected chi connectivity index (χ4v) is 2.17. The molecule has 0 unspecified atom stereocenters. The number of likely N-dealkylation sites (N-methyl/N-ethyl adjacent to an activating group) is 1. The Morgan fingerprint density at radius 3 is 2.60 bits per heavy atom. The van der Waals surface area contributed by atoms with Gasteiger partial charge in [-0.3, -0.25) is 0 Å². The van der Waals surface area contributed by atoms with Gasteiger partial charge in [-0.15, -0.1) is 0 Å². The molecule has 0 aliphatic carbocycles. The van der Waals surface area contributed by atoms with Crippen LogP contribution in [0.2, 0.25) is 5.02 Å². The molecule has 1 aromatic carbocycles. The van der Waals surface area contributed by atoms with Gasteiger partial charge < -0.3 is 10.6 Å². The van der Waals surface area contributed by atoms with E-state index in [1.165, 1.54) is 0 Å². The summed E-state index contributed by atoms with van der Waals surface area (Å²) < 4.78 is 1.01. The number of benzene rings is 1. The molecule has 4 heteroatoms. The lowest BCUT2D eigenvalue weighted by molar-refractivity contribution is 0.298. The standard InChI is InChI=1S/C11H16BrClN2/c1-15(2)10(7-14)5-8-3-4-9(12)6-11(8)13/h3-4,6,10H,5,7,14H2,1-2H3/t10-/m0/s1. The zero-order valence-corrected chi connectivity index (χ0v) is 11.3. The lowest BCUT2D eigenvalue weighted by Gasteiger charge is -2.23. The second kappa shape index (κ2) is 5.85. The maximum absolute atomic E-state index is 6.15. The molecule has 1 aromatic rings. The predicted molar refractivity (Wildman–Crippen MR) is 69.4 cm³/mol. The summed E-state index contributed by atoms with van der Waals surface area (Å²) in [4.78, 5) is 2.12. The van der Waals surface area contributed by atoms with E-state index in [-0.39, 0.29) is 0 Å². The van der Waals surface area contributed by atoms with Gasteiger partial charge in [-0.1, -0.05) is 33.6 Å². The van der Waals surface area contributed by atoms with Crippen molar-refractivity contribution < 1.29 is 0 Å². The van der Waals surface area contributed by atoms with Gasteiger partial charge in [0.05, 0.1) is 0 Å². The van der Waals surface area contributed by atoms with Crippen molar-refractivity contribution in [2.45, 2.75) is 12.5 Å². The van der Waals surface area contributed by atoms with Gasteiger partial charge in [-0.25, -0.2) is 0 Å². The molecule has 0 fully saturated rings. The highest BCUT2D eigenvalue weighted by molar-refractivity contribution is 9.10. The number of hydrogen-bond donors (Lipinski definition) is 1. The van der Waals surface area contributed by atoms with Crippen LogP contribution >= 0.6 is 27.5 Å². The normalized spacial score (nSPS) is 13.2. The summed E-state index contributed by atoms with van der Waals surface area (Å²) in [5.74, 6) is 0. The van der Waals surface area contributed by atoms with E-state index in [1.807, 2.05) is 32.3 Å². The summed E-state index contributed by atoms with van der Waals surface area (Å²) in [5.41, 5.74) is 6.85. The van der Waals surface area contributed by atoms with Crippen molar-refractivity contribution in [2.75, 3.05) is 20.6 Å². The summed E-state index contributed by atoms with van der Waals surface area (Å²) in [6.07, 6.45) is 0.885. The minimum Gasteiger partial charge on any atom is -0.329 e. The second-order valence-corrected chi connectivity index (χ2v) is 5.12. The first-order valence-electron chi connectivity index (χ1n) is 4.85. The lowest BCUT2D eigenvalue weighted by Crippen LogP contribution is -2.36. The van der Waals surface area contributed by atoms with E-state index < -0.39 is 0 Å². The van der Waals surface area contributed by atoms with Crippen LogP contribution in [0, 0.1) is 0 Å². The highest BCUT2D eigenvalue weighted by atomic mass is 79.9. The van der Waals surface area contributed by atoms with E-state index in [9.17, 15) is 0 Å². The van der Waals surface area contributed by atoms with Crippen LogP contribution in [-0.4, -0.2) is 31.6 Å². The minimum absolute atomic E-state index is 0.337. The Morgan fingerprint density at radius 2 is 2.13 bits per heavy atom. The van der Waals surface area contributed by atoms with Crippen LogP contribution in [0.4, 0.5) is 0 Å². The van der Waals surface area contributed by atoms with Crippen molar-refractivity contribution in [1.29, 1.82) is 0 Å². The Bertz CT molecular complexity index is 328. The summed E-state index contributed by atoms with van der Waals surface area (Å²) in [6.45, 7) is 0.638. The van der Waals surface area contributed by atoms with Crippen molar-refractivity contribution >= 4 is 27.5 Å². The van der Waals surface area contributed by atoms with Gasteiger partial charge in [0.15, 0.2) is 0 Å². The number of halogens is 2. The monoisotopic (exact) mass is 290 g/mol. The van der Waals surface area contributed by atoms with E-state index in [2.05, 4.69) is 20.8 Å². The van der Waals surface area contributed by atoms with Crippen LogP contribution in [0.25, 0.3) is 0 Å². The van der Waals surface area contributed by atoms with Gasteiger partial charge in [0.1, 0.15) is 0 Å². The van der Waals surface area contributed by atoms with Crippen LogP contribution in [0.1, 0.15) is 5.56 Å². The predicted octanol–water partition coefficient (Wildman–Crippen LogP) is 2.53. The fraction of sp³-hybridized carbons (Fsp3) is 0.455. The molecule has 2 nitrogen and oxygen atoms in total. The van der Waals surface area contributed by atoms with E-state index in [1.54, 1.807) is 0 Å². The molecule has 2 N–H and O–H groups in total. The van der Waals surface area contributed by atoms with E-state index in [4.69, 9.17) is 17.3 Å². The highest BCUT2D eigenvalue weighted by Gasteiger charge is 2.12. The maximum atomic E-state index is 6.15. The van der Waals surface area contributed by atoms with Crippen molar-refractivity contribution in [3.05, 3.63) is 33.3 Å². The van der Waals surface area contributed by atoms with E-state index >= 15 is 0 Å². The Balaban J connectivity index is 2.79. The molecule has 0 saturated heterocycles. The molecule has 0 heterocycles. The Morgan fingerprint density at radius 1 is 1.47 bits per heavy atom. The number of nitrogens with two attached hydrogens (primary N) is 1. The number of rotatable bonds is 4. The second-order valence-electron chi connectivity index (χ2n) is 3.79. The van der Waals surface area contributed by atoms with Crippen molar-refractivity contribution in [3.8, 4) is 0 Å². The van der Waals surface area contributed by atoms with Crippen LogP contribution in [0.15, 0.2) is 22.7 Å². The molecule has 0 aliphatic rings. The average Bonchev–Trinajstić information content (AvgIpc) is 2.16. The Kier molecular flexibility index (Phi) is 5.06. The third-order valence-electron chi connectivity index (χ3n) is 2.47. The topological polar surface area (TPSA) is 29.3 Å². The molecular formula is C11H16BrClN2. The van der Waals surface area contributed by atoms with Gasteiger partial charge in [0.25, 0.3) is 0 Å². The summed E-state index contributed by atoms with van der Waals surface area (Å²) in [7, 11) is 4.06. The quantitative estimate of drug-likeness (QED) is 0.924. The maximum Gasteiger partial charge on any atom is 0.0449 e. The molecule has 1 atom stereocenters. The largest absolute Gasteiger partial charge is 0.329 e. The van der Waals surface area contributed by atoms with E-state index in [0.29, 0.717) is 12.6 Å². The number of nitrogens with zero attached hydrogens (tertiary/aromatic N) is 1. The lowest BCUT2D eigenvalue weighted by atomic mass is 10.1. The highest BCUT2D eigenvalue weighted by Crippen LogP contribution is 2.22. The van der Waals surface area contributed by atoms with Gasteiger partial charge in [0.2, 0.25) is 0 Å². The molecule has 0 bridgehead atoms. The molecule has 0 spiro atoms. The van der Waals surface area contributed by atoms with Crippen LogP contribution in [-0.2, 0) is 6.42 Å². The number of hydrogen-bond acceptors (Lipinski definition) is 2. The summed E-state index contributed by atoms with van der Waals surface area (Å²) in [5, 5.41) is 0.796. The first-order valence-corrected chi connectivity index (χ1v) is 6.02. The van der Waals surface area contributed by atoms with Crippen molar-refractivity contribution in [2.24, 2.45) is 5.73 Å². The zero-order valence-electron chi connectivity index (χ0n) is 9.00. The zero-order chi connectivity index (χ0) is 11.4. The average molecular weight is 292 g/mol. The molecule has 0 radical (unpaired) electrons. The molecule has 84 valence electrons. The Labute approximate surface area is 105 Å². The third kappa shape index (κ3) is 3.76. The Hall–Kier alpha value is -0.0900. The van der Waals surface area contributed by atoms with Crippen LogP contribution in [0.5, 0.6) is 0 Å². The molecule has 1 rings (SSSR count). The minimum atomic E-state index is 0.337. The third-order valence-corrected chi connectivity index (χ3v) is 3.32. The van der Waals surface area contributed by atoms with Gasteiger partial charge in [0, 0.05) is 22.1 Å². The first kappa shape index (κ1) is 13.0. The van der Waals surface area contributed by atoms with E-state index in [0.717, 1.165) is 21.5 Å². The first-order chi connectivity index (χ1) is 7.04. The summed E-state index contributed by atoms with van der Waals surface area (Å²) in [6, 6.07) is 6.30. The molecule has 0 saturated carbocycles. The molecule has 0 amide bonds. The van der Waals surface area contributed by atoms with Gasteiger partial charge >= 0.3 is 0 Å². The summed E-state index contributed by atoms with van der Waals surface area (Å²) >= 11 is 9.53. The molecule has 15 heavy (non-hydrogen) atoms. The van der Waals surface area contributed by atoms with Gasteiger partial charge in [-0.2, -0.15) is 0 Å². The smallest absolute Gasteiger partial charge is 0.0449 e. The van der Waals surface area contributed by atoms with Crippen LogP contribution in [0.3, 0.4) is 0 Å². The molecular weight excluding hydrogens is 275 g/mol. The fourth-order valence-electron chi connectivity index (χ4n) is 1.42. The van der Waals surface area contributed by atoms with Crippen LogP contribution < -0.4 is 5.73 Å². The van der Waals surface area contributed by atoms with Crippen molar-refractivity contribution in [1.82, 2.24) is 4.90 Å². The molecule has 0 aromatic heterocycles. The SMILES string of the molecule is CN(C)[C@H](CN)Cc1ccc(Br)cc1Cl. The van der Waals surface area contributed by atoms with Crippen molar-refractivity contribution in [3.63, 3.8) is 0 Å². The molecule has 0 aliphatic heterocycles.